The van der Waals surface area contributed by atoms with Gasteiger partial charge in [-0.2, -0.15) is 13.5 Å². The second-order valence-corrected chi connectivity index (χ2v) is 6.16. The minimum Gasteiger partial charge on any atom is -0.490 e. The summed E-state index contributed by atoms with van der Waals surface area (Å²) in [7, 11) is 1.81. The average molecular weight is 390 g/mol. The number of hydrogen-bond donors (Lipinski definition) is 0. The molecule has 0 saturated carbocycles. The highest BCUT2D eigenvalue weighted by molar-refractivity contribution is 5.76. The number of benzene rings is 2. The van der Waals surface area contributed by atoms with E-state index < -0.39 is 6.61 Å². The Bertz CT molecular complexity index is 1010. The van der Waals surface area contributed by atoms with E-state index in [4.69, 9.17) is 4.74 Å². The molecule has 0 unspecified atom stereocenters. The van der Waals surface area contributed by atoms with Crippen LogP contribution in [0.25, 0.3) is 10.9 Å². The van der Waals surface area contributed by atoms with Gasteiger partial charge in [-0.3, -0.25) is 9.69 Å². The van der Waals surface area contributed by atoms with Gasteiger partial charge < -0.3 is 9.47 Å². The van der Waals surface area contributed by atoms with Crippen LogP contribution in [0.4, 0.5) is 8.78 Å². The van der Waals surface area contributed by atoms with Gasteiger partial charge in [0.1, 0.15) is 5.52 Å². The molecule has 0 aliphatic carbocycles. The molecule has 3 aromatic rings. The quantitative estimate of drug-likeness (QED) is 0.589. The summed E-state index contributed by atoms with van der Waals surface area (Å²) < 4.78 is 36.2. The van der Waals surface area contributed by atoms with E-state index in [1.807, 2.05) is 11.9 Å². The van der Waals surface area contributed by atoms with Gasteiger partial charge >= 0.3 is 6.61 Å². The third kappa shape index (κ3) is 4.61. The molecular formula is C19H20F2N4O3. The van der Waals surface area contributed by atoms with Crippen LogP contribution >= 0.6 is 0 Å². The molecule has 28 heavy (non-hydrogen) atoms. The van der Waals surface area contributed by atoms with Crippen molar-refractivity contribution < 1.29 is 18.3 Å². The molecule has 0 bridgehead atoms. The van der Waals surface area contributed by atoms with E-state index in [9.17, 15) is 13.6 Å². The predicted molar refractivity (Wildman–Crippen MR) is 99.5 cm³/mol. The largest absolute Gasteiger partial charge is 0.490 e. The van der Waals surface area contributed by atoms with Gasteiger partial charge in [0.2, 0.25) is 0 Å². The highest BCUT2D eigenvalue weighted by atomic mass is 19.3. The summed E-state index contributed by atoms with van der Waals surface area (Å²) in [5, 5.41) is 8.52. The van der Waals surface area contributed by atoms with Gasteiger partial charge in [-0.25, -0.2) is 0 Å². The lowest BCUT2D eigenvalue weighted by atomic mass is 10.2. The van der Waals surface area contributed by atoms with Gasteiger partial charge in [0, 0.05) is 6.54 Å². The zero-order valence-electron chi connectivity index (χ0n) is 15.5. The summed E-state index contributed by atoms with van der Waals surface area (Å²) in [4.78, 5) is 14.4. The molecule has 0 atom stereocenters. The molecule has 9 heteroatoms. The third-order valence-electron chi connectivity index (χ3n) is 3.98. The van der Waals surface area contributed by atoms with Crippen molar-refractivity contribution in [2.75, 3.05) is 13.7 Å². The zero-order chi connectivity index (χ0) is 20.1. The Morgan fingerprint density at radius 1 is 1.18 bits per heavy atom. The van der Waals surface area contributed by atoms with E-state index in [2.05, 4.69) is 15.0 Å². The van der Waals surface area contributed by atoms with Gasteiger partial charge in [-0.05, 0) is 43.8 Å². The average Bonchev–Trinajstić information content (AvgIpc) is 2.66. The standard InChI is InChI=1S/C19H20F2N4O3/c1-3-27-17-10-13(8-9-16(17)28-19(20)21)11-24(2)12-25-18(26)14-6-4-5-7-15(14)22-23-25/h4-10,19H,3,11-12H2,1-2H3. The number of fused-ring (bicyclic) bond motifs is 1. The van der Waals surface area contributed by atoms with Crippen LogP contribution in [0, 0.1) is 0 Å². The lowest BCUT2D eigenvalue weighted by Gasteiger charge is -2.18. The molecule has 3 rings (SSSR count). The van der Waals surface area contributed by atoms with Crippen molar-refractivity contribution in [3.63, 3.8) is 0 Å². The number of nitrogens with zero attached hydrogens (tertiary/aromatic N) is 4. The van der Waals surface area contributed by atoms with Crippen molar-refractivity contribution in [3.8, 4) is 11.5 Å². The van der Waals surface area contributed by atoms with Crippen molar-refractivity contribution >= 4 is 10.9 Å². The summed E-state index contributed by atoms with van der Waals surface area (Å²) in [6, 6.07) is 11.8. The Labute approximate surface area is 160 Å². The summed E-state index contributed by atoms with van der Waals surface area (Å²) in [5.74, 6) is 0.233. The van der Waals surface area contributed by atoms with E-state index in [-0.39, 0.29) is 23.7 Å². The van der Waals surface area contributed by atoms with E-state index in [1.165, 1.54) is 10.7 Å². The molecule has 0 aliphatic heterocycles. The van der Waals surface area contributed by atoms with Crippen LogP contribution < -0.4 is 15.0 Å². The van der Waals surface area contributed by atoms with E-state index >= 15 is 0 Å². The summed E-state index contributed by atoms with van der Waals surface area (Å²) in [6.45, 7) is -0.186. The Balaban J connectivity index is 1.76. The molecule has 0 fully saturated rings. The number of hydrogen-bond acceptors (Lipinski definition) is 6. The van der Waals surface area contributed by atoms with E-state index in [0.29, 0.717) is 24.1 Å². The van der Waals surface area contributed by atoms with Crippen LogP contribution in [0.1, 0.15) is 12.5 Å². The Morgan fingerprint density at radius 2 is 1.96 bits per heavy atom. The maximum absolute atomic E-state index is 12.5. The van der Waals surface area contributed by atoms with Gasteiger partial charge in [0.15, 0.2) is 11.5 Å². The summed E-state index contributed by atoms with van der Waals surface area (Å²) in [5.41, 5.74) is 1.13. The van der Waals surface area contributed by atoms with Gasteiger partial charge in [0.25, 0.3) is 5.56 Å². The molecule has 0 amide bonds. The maximum Gasteiger partial charge on any atom is 0.387 e. The lowest BCUT2D eigenvalue weighted by Crippen LogP contribution is -2.32. The molecule has 0 spiro atoms. The van der Waals surface area contributed by atoms with Crippen LogP contribution in [-0.2, 0) is 13.2 Å². The van der Waals surface area contributed by atoms with Gasteiger partial charge in [0.05, 0.1) is 18.7 Å². The normalized spacial score (nSPS) is 11.4. The predicted octanol–water partition coefficient (Wildman–Crippen LogP) is 2.88. The van der Waals surface area contributed by atoms with Crippen LogP contribution in [0.2, 0.25) is 0 Å². The van der Waals surface area contributed by atoms with Gasteiger partial charge in [-0.1, -0.05) is 23.4 Å². The highest BCUT2D eigenvalue weighted by Gasteiger charge is 2.13. The Hall–Kier alpha value is -3.07. The molecule has 2 aromatic carbocycles. The Kier molecular flexibility index (Phi) is 6.15. The number of ether oxygens (including phenoxy) is 2. The second kappa shape index (κ2) is 8.75. The topological polar surface area (TPSA) is 69.5 Å². The Morgan fingerprint density at radius 3 is 2.71 bits per heavy atom. The fraction of sp³-hybridized carbons (Fsp3) is 0.316. The molecule has 0 N–H and O–H groups in total. The summed E-state index contributed by atoms with van der Waals surface area (Å²) in [6.07, 6.45) is 0. The number of alkyl halides is 2. The first-order valence-electron chi connectivity index (χ1n) is 8.69. The second-order valence-electron chi connectivity index (χ2n) is 6.16. The number of rotatable bonds is 8. The minimum absolute atomic E-state index is 0.0140. The molecular weight excluding hydrogens is 370 g/mol. The first-order valence-corrected chi connectivity index (χ1v) is 8.69. The van der Waals surface area contributed by atoms with Crippen LogP contribution in [-0.4, -0.2) is 40.2 Å². The maximum atomic E-state index is 12.5. The number of halogens is 2. The van der Waals surface area contributed by atoms with E-state index in [0.717, 1.165) is 5.56 Å². The SMILES string of the molecule is CCOc1cc(CN(C)Cn2nnc3ccccc3c2=O)ccc1OC(F)F. The lowest BCUT2D eigenvalue weighted by molar-refractivity contribution is -0.0514. The molecule has 0 saturated heterocycles. The molecule has 148 valence electrons. The van der Waals surface area contributed by atoms with Crippen molar-refractivity contribution in [3.05, 3.63) is 58.4 Å². The van der Waals surface area contributed by atoms with Crippen LogP contribution in [0.5, 0.6) is 11.5 Å². The van der Waals surface area contributed by atoms with Crippen molar-refractivity contribution in [1.29, 1.82) is 0 Å². The van der Waals surface area contributed by atoms with Crippen LogP contribution in [0.3, 0.4) is 0 Å². The summed E-state index contributed by atoms with van der Waals surface area (Å²) >= 11 is 0. The van der Waals surface area contributed by atoms with Gasteiger partial charge in [-0.15, -0.1) is 5.10 Å². The van der Waals surface area contributed by atoms with Crippen molar-refractivity contribution in [1.82, 2.24) is 19.9 Å². The smallest absolute Gasteiger partial charge is 0.387 e. The molecule has 0 aliphatic rings. The molecule has 1 aromatic heterocycles. The highest BCUT2D eigenvalue weighted by Crippen LogP contribution is 2.30. The van der Waals surface area contributed by atoms with Crippen molar-refractivity contribution in [2.45, 2.75) is 26.7 Å². The monoisotopic (exact) mass is 390 g/mol. The molecule has 1 heterocycles. The number of aromatic nitrogens is 3. The molecule has 7 nitrogen and oxygen atoms in total. The molecule has 0 radical (unpaired) electrons. The first kappa shape index (κ1) is 19.7. The third-order valence-corrected chi connectivity index (χ3v) is 3.98. The zero-order valence-corrected chi connectivity index (χ0v) is 15.5. The minimum atomic E-state index is -2.92. The fourth-order valence-corrected chi connectivity index (χ4v) is 2.82. The first-order chi connectivity index (χ1) is 13.5. The van der Waals surface area contributed by atoms with Crippen LogP contribution in [0.15, 0.2) is 47.3 Å². The van der Waals surface area contributed by atoms with E-state index in [1.54, 1.807) is 43.3 Å². The fourth-order valence-electron chi connectivity index (χ4n) is 2.82. The van der Waals surface area contributed by atoms with Crippen molar-refractivity contribution in [2.24, 2.45) is 0 Å².